The van der Waals surface area contributed by atoms with Crippen LogP contribution in [0.1, 0.15) is 26.7 Å². The van der Waals surface area contributed by atoms with E-state index in [1.165, 1.54) is 12.6 Å². The van der Waals surface area contributed by atoms with Crippen molar-refractivity contribution in [3.63, 3.8) is 0 Å². The van der Waals surface area contributed by atoms with Gasteiger partial charge in [-0.2, -0.15) is 0 Å². The molecule has 1 aliphatic rings. The molecule has 1 amide bonds. The van der Waals surface area contributed by atoms with Crippen molar-refractivity contribution in [3.8, 4) is 0 Å². The number of piperazine rings is 1. The molecule has 0 aliphatic carbocycles. The van der Waals surface area contributed by atoms with Gasteiger partial charge in [0.05, 0.1) is 0 Å². The number of anilines is 1. The number of rotatable bonds is 5. The number of carbonyl (C=O) groups excluding carboxylic acids is 1. The molecule has 1 unspecified atom stereocenters. The number of hydrogen-bond acceptors (Lipinski definition) is 4. The summed E-state index contributed by atoms with van der Waals surface area (Å²) in [5, 5.41) is 18.7. The van der Waals surface area contributed by atoms with Crippen LogP contribution in [0.4, 0.5) is 5.69 Å². The smallest absolute Gasteiger partial charge is 0.225 e. The molecule has 0 aromatic heterocycles. The van der Waals surface area contributed by atoms with Crippen LogP contribution in [0.5, 0.6) is 0 Å². The van der Waals surface area contributed by atoms with Crippen molar-refractivity contribution in [1.29, 1.82) is 0 Å². The monoisotopic (exact) mass is 306 g/mol. The van der Waals surface area contributed by atoms with Crippen LogP contribution >= 0.6 is 0 Å². The van der Waals surface area contributed by atoms with Crippen molar-refractivity contribution in [1.82, 2.24) is 4.90 Å². The molecule has 1 saturated heterocycles. The SMILES string of the molecule is CC(CCC(C)(O)O)C(=O)N1CCN(c2ccccc2)CC1. The number of hydrogen-bond donors (Lipinski definition) is 2. The number of para-hydroxylation sites is 1. The van der Waals surface area contributed by atoms with Gasteiger partial charge in [0.25, 0.3) is 0 Å². The van der Waals surface area contributed by atoms with Crippen molar-refractivity contribution in [3.05, 3.63) is 30.3 Å². The van der Waals surface area contributed by atoms with Gasteiger partial charge < -0.3 is 20.0 Å². The first-order valence-corrected chi connectivity index (χ1v) is 7.90. The van der Waals surface area contributed by atoms with Crippen LogP contribution in [-0.4, -0.2) is 53.0 Å². The third kappa shape index (κ3) is 4.71. The zero-order valence-corrected chi connectivity index (χ0v) is 13.4. The standard InChI is InChI=1S/C17H26N2O3/c1-14(8-9-17(2,21)22)16(20)19-12-10-18(11-13-19)15-6-4-3-5-7-15/h3-7,14,21-22H,8-13H2,1-2H3. The molecular weight excluding hydrogens is 280 g/mol. The van der Waals surface area contributed by atoms with Crippen LogP contribution in [0.25, 0.3) is 0 Å². The van der Waals surface area contributed by atoms with Crippen LogP contribution in [0.3, 0.4) is 0 Å². The van der Waals surface area contributed by atoms with E-state index in [0.29, 0.717) is 19.5 Å². The van der Waals surface area contributed by atoms with Gasteiger partial charge >= 0.3 is 0 Å². The van der Waals surface area contributed by atoms with Crippen molar-refractivity contribution in [2.45, 2.75) is 32.5 Å². The number of amides is 1. The highest BCUT2D eigenvalue weighted by Crippen LogP contribution is 2.19. The van der Waals surface area contributed by atoms with E-state index in [0.717, 1.165) is 13.1 Å². The van der Waals surface area contributed by atoms with Crippen LogP contribution < -0.4 is 4.90 Å². The summed E-state index contributed by atoms with van der Waals surface area (Å²) in [5.41, 5.74) is 1.19. The van der Waals surface area contributed by atoms with Gasteiger partial charge in [-0.1, -0.05) is 25.1 Å². The Hall–Kier alpha value is -1.59. The quantitative estimate of drug-likeness (QED) is 0.808. The van der Waals surface area contributed by atoms with E-state index in [9.17, 15) is 15.0 Å². The third-order valence-corrected chi connectivity index (χ3v) is 4.19. The molecule has 1 aliphatic heterocycles. The molecule has 22 heavy (non-hydrogen) atoms. The Balaban J connectivity index is 1.82. The van der Waals surface area contributed by atoms with Gasteiger partial charge in [-0.3, -0.25) is 4.79 Å². The Morgan fingerprint density at radius 1 is 1.18 bits per heavy atom. The van der Waals surface area contributed by atoms with Gasteiger partial charge in [-0.05, 0) is 25.5 Å². The minimum absolute atomic E-state index is 0.108. The Bertz CT molecular complexity index is 476. The fourth-order valence-electron chi connectivity index (χ4n) is 2.75. The highest BCUT2D eigenvalue weighted by atomic mass is 16.5. The van der Waals surface area contributed by atoms with E-state index < -0.39 is 5.79 Å². The molecule has 0 bridgehead atoms. The Morgan fingerprint density at radius 2 is 1.77 bits per heavy atom. The maximum Gasteiger partial charge on any atom is 0.225 e. The second-order valence-electron chi connectivity index (χ2n) is 6.30. The summed E-state index contributed by atoms with van der Waals surface area (Å²) < 4.78 is 0. The predicted octanol–water partition coefficient (Wildman–Crippen LogP) is 1.45. The molecule has 1 fully saturated rings. The van der Waals surface area contributed by atoms with E-state index in [1.807, 2.05) is 30.0 Å². The van der Waals surface area contributed by atoms with Crippen LogP contribution in [-0.2, 0) is 4.79 Å². The Kier molecular flexibility index (Phi) is 5.42. The normalized spacial score (nSPS) is 17.5. The maximum atomic E-state index is 12.4. The van der Waals surface area contributed by atoms with E-state index in [2.05, 4.69) is 17.0 Å². The lowest BCUT2D eigenvalue weighted by Crippen LogP contribution is -2.50. The lowest BCUT2D eigenvalue weighted by molar-refractivity contribution is -0.154. The molecule has 2 N–H and O–H groups in total. The largest absolute Gasteiger partial charge is 0.368 e. The number of nitrogens with zero attached hydrogens (tertiary/aromatic N) is 2. The highest BCUT2D eigenvalue weighted by Gasteiger charge is 2.26. The minimum Gasteiger partial charge on any atom is -0.368 e. The maximum absolute atomic E-state index is 12.4. The third-order valence-electron chi connectivity index (χ3n) is 4.19. The first-order valence-electron chi connectivity index (χ1n) is 7.90. The second-order valence-corrected chi connectivity index (χ2v) is 6.30. The highest BCUT2D eigenvalue weighted by molar-refractivity contribution is 5.78. The average Bonchev–Trinajstić information content (AvgIpc) is 2.52. The number of carbonyl (C=O) groups is 1. The van der Waals surface area contributed by atoms with Crippen molar-refractivity contribution in [2.24, 2.45) is 5.92 Å². The van der Waals surface area contributed by atoms with Crippen LogP contribution in [0.15, 0.2) is 30.3 Å². The summed E-state index contributed by atoms with van der Waals surface area (Å²) in [6.07, 6.45) is 0.700. The van der Waals surface area contributed by atoms with Crippen molar-refractivity contribution in [2.75, 3.05) is 31.1 Å². The fraction of sp³-hybridized carbons (Fsp3) is 0.588. The molecule has 2 rings (SSSR count). The van der Waals surface area contributed by atoms with E-state index in [4.69, 9.17) is 0 Å². The van der Waals surface area contributed by atoms with Crippen molar-refractivity contribution >= 4 is 11.6 Å². The summed E-state index contributed by atoms with van der Waals surface area (Å²) in [7, 11) is 0. The summed E-state index contributed by atoms with van der Waals surface area (Å²) in [6, 6.07) is 10.2. The van der Waals surface area contributed by atoms with E-state index in [-0.39, 0.29) is 18.2 Å². The number of aliphatic hydroxyl groups is 2. The molecule has 5 heteroatoms. The first kappa shape index (κ1) is 16.8. The molecule has 0 spiro atoms. The summed E-state index contributed by atoms with van der Waals surface area (Å²) >= 11 is 0. The lowest BCUT2D eigenvalue weighted by atomic mass is 10.00. The Morgan fingerprint density at radius 3 is 2.32 bits per heavy atom. The molecule has 0 radical (unpaired) electrons. The lowest BCUT2D eigenvalue weighted by Gasteiger charge is -2.37. The summed E-state index contributed by atoms with van der Waals surface area (Å²) in [5.74, 6) is -1.76. The zero-order chi connectivity index (χ0) is 16.2. The van der Waals surface area contributed by atoms with Gasteiger partial charge in [0.2, 0.25) is 5.91 Å². The van der Waals surface area contributed by atoms with Gasteiger partial charge in [0.15, 0.2) is 5.79 Å². The molecule has 1 aromatic carbocycles. The summed E-state index contributed by atoms with van der Waals surface area (Å²) in [6.45, 7) is 6.31. The first-order chi connectivity index (χ1) is 10.4. The fourth-order valence-corrected chi connectivity index (χ4v) is 2.75. The van der Waals surface area contributed by atoms with Crippen LogP contribution in [0, 0.1) is 5.92 Å². The Labute approximate surface area is 132 Å². The van der Waals surface area contributed by atoms with Gasteiger partial charge in [-0.15, -0.1) is 0 Å². The molecule has 0 saturated carbocycles. The zero-order valence-electron chi connectivity index (χ0n) is 13.4. The molecule has 1 atom stereocenters. The second kappa shape index (κ2) is 7.11. The molecule has 5 nitrogen and oxygen atoms in total. The van der Waals surface area contributed by atoms with Gasteiger partial charge in [0.1, 0.15) is 0 Å². The summed E-state index contributed by atoms with van der Waals surface area (Å²) in [4.78, 5) is 16.6. The van der Waals surface area contributed by atoms with E-state index in [1.54, 1.807) is 0 Å². The van der Waals surface area contributed by atoms with Gasteiger partial charge in [0, 0.05) is 44.2 Å². The topological polar surface area (TPSA) is 64.0 Å². The van der Waals surface area contributed by atoms with Gasteiger partial charge in [-0.25, -0.2) is 0 Å². The van der Waals surface area contributed by atoms with Crippen molar-refractivity contribution < 1.29 is 15.0 Å². The molecule has 122 valence electrons. The predicted molar refractivity (Wildman–Crippen MR) is 86.5 cm³/mol. The molecule has 1 heterocycles. The van der Waals surface area contributed by atoms with E-state index >= 15 is 0 Å². The average molecular weight is 306 g/mol. The molecule has 1 aromatic rings. The van der Waals surface area contributed by atoms with Crippen LogP contribution in [0.2, 0.25) is 0 Å². The molecular formula is C17H26N2O3. The minimum atomic E-state index is -1.69. The number of benzene rings is 1.